The Hall–Kier alpha value is -1.86. The van der Waals surface area contributed by atoms with E-state index in [1.54, 1.807) is 37.0 Å². The first-order valence-electron chi connectivity index (χ1n) is 6.18. The maximum absolute atomic E-state index is 12.1. The molecular weight excluding hydrogens is 276 g/mol. The van der Waals surface area contributed by atoms with Gasteiger partial charge in [-0.15, -0.1) is 0 Å². The zero-order valence-electron chi connectivity index (χ0n) is 11.5. The smallest absolute Gasteiger partial charge is 0.237 e. The second kappa shape index (κ2) is 5.64. The first-order chi connectivity index (χ1) is 9.39. The minimum absolute atomic E-state index is 0.0772. The van der Waals surface area contributed by atoms with E-state index in [0.717, 1.165) is 11.1 Å². The molecule has 0 bridgehead atoms. The van der Waals surface area contributed by atoms with E-state index in [1.807, 2.05) is 12.1 Å². The predicted octanol–water partition coefficient (Wildman–Crippen LogP) is 1.13. The largest absolute Gasteiger partial charge is 0.326 e. The summed E-state index contributed by atoms with van der Waals surface area (Å²) >= 11 is 0. The van der Waals surface area contributed by atoms with Gasteiger partial charge in [-0.3, -0.25) is 9.40 Å². The third-order valence-electron chi connectivity index (χ3n) is 2.89. The van der Waals surface area contributed by atoms with Crippen LogP contribution in [0.5, 0.6) is 0 Å². The lowest BCUT2D eigenvalue weighted by Crippen LogP contribution is -2.15. The number of benzene rings is 1. The van der Waals surface area contributed by atoms with Crippen LogP contribution >= 0.6 is 0 Å². The van der Waals surface area contributed by atoms with Crippen molar-refractivity contribution in [2.75, 3.05) is 4.72 Å². The Labute approximate surface area is 118 Å². The van der Waals surface area contributed by atoms with Crippen LogP contribution < -0.4 is 10.5 Å². The van der Waals surface area contributed by atoms with Crippen molar-refractivity contribution in [1.29, 1.82) is 0 Å². The van der Waals surface area contributed by atoms with Gasteiger partial charge in [0.15, 0.2) is 0 Å². The summed E-state index contributed by atoms with van der Waals surface area (Å²) in [5, 5.41) is 4.10. The molecule has 0 amide bonds. The molecule has 0 aliphatic rings. The molecule has 2 rings (SSSR count). The minimum atomic E-state index is -3.45. The van der Waals surface area contributed by atoms with E-state index in [0.29, 0.717) is 17.9 Å². The Morgan fingerprint density at radius 2 is 1.85 bits per heavy atom. The fourth-order valence-electron chi connectivity index (χ4n) is 1.89. The number of anilines is 1. The molecule has 0 saturated heterocycles. The van der Waals surface area contributed by atoms with Gasteiger partial charge in [-0.25, -0.2) is 8.42 Å². The highest BCUT2D eigenvalue weighted by molar-refractivity contribution is 7.91. The summed E-state index contributed by atoms with van der Waals surface area (Å²) < 4.78 is 28.3. The van der Waals surface area contributed by atoms with E-state index in [-0.39, 0.29) is 5.75 Å². The third-order valence-corrected chi connectivity index (χ3v) is 4.14. The molecule has 20 heavy (non-hydrogen) atoms. The number of nitrogens with two attached hydrogens (primary N) is 1. The fraction of sp³-hybridized carbons (Fsp3) is 0.308. The molecule has 7 heteroatoms. The van der Waals surface area contributed by atoms with Crippen LogP contribution in [0.3, 0.4) is 0 Å². The zero-order valence-corrected chi connectivity index (χ0v) is 12.3. The molecule has 0 aliphatic heterocycles. The Balaban J connectivity index is 2.12. The molecular formula is C13H18N4O2S. The van der Waals surface area contributed by atoms with Crippen molar-refractivity contribution in [3.63, 3.8) is 0 Å². The molecule has 108 valence electrons. The molecule has 1 heterocycles. The second-order valence-electron chi connectivity index (χ2n) is 4.68. The summed E-state index contributed by atoms with van der Waals surface area (Å²) in [4.78, 5) is 0. The number of hydrogen-bond acceptors (Lipinski definition) is 4. The van der Waals surface area contributed by atoms with Crippen LogP contribution in [0.2, 0.25) is 0 Å². The van der Waals surface area contributed by atoms with Crippen LogP contribution in [0.25, 0.3) is 0 Å². The normalized spacial score (nSPS) is 11.6. The van der Waals surface area contributed by atoms with Crippen molar-refractivity contribution in [1.82, 2.24) is 9.78 Å². The zero-order chi connectivity index (χ0) is 14.8. The monoisotopic (exact) mass is 294 g/mol. The van der Waals surface area contributed by atoms with Crippen LogP contribution in [-0.2, 0) is 29.4 Å². The van der Waals surface area contributed by atoms with Crippen molar-refractivity contribution in [3.8, 4) is 0 Å². The summed E-state index contributed by atoms with van der Waals surface area (Å²) in [7, 11) is -1.70. The maximum atomic E-state index is 12.1. The molecule has 0 unspecified atom stereocenters. The molecule has 1 aromatic carbocycles. The lowest BCUT2D eigenvalue weighted by molar-refractivity contribution is 0.600. The Bertz CT molecular complexity index is 690. The average molecular weight is 294 g/mol. The van der Waals surface area contributed by atoms with E-state index in [2.05, 4.69) is 9.82 Å². The number of aromatic nitrogens is 2. The topological polar surface area (TPSA) is 90.0 Å². The van der Waals surface area contributed by atoms with Gasteiger partial charge in [0, 0.05) is 19.8 Å². The van der Waals surface area contributed by atoms with Gasteiger partial charge in [-0.05, 0) is 18.1 Å². The van der Waals surface area contributed by atoms with Gasteiger partial charge in [-0.2, -0.15) is 5.10 Å². The number of hydrogen-bond donors (Lipinski definition) is 2. The van der Waals surface area contributed by atoms with Crippen LogP contribution in [0.15, 0.2) is 30.5 Å². The van der Waals surface area contributed by atoms with Gasteiger partial charge in [0.1, 0.15) is 0 Å². The van der Waals surface area contributed by atoms with Crippen molar-refractivity contribution in [3.05, 3.63) is 47.3 Å². The molecule has 3 N–H and O–H groups in total. The summed E-state index contributed by atoms with van der Waals surface area (Å²) in [5.41, 5.74) is 8.35. The van der Waals surface area contributed by atoms with E-state index < -0.39 is 10.0 Å². The lowest BCUT2D eigenvalue weighted by Gasteiger charge is -2.07. The maximum Gasteiger partial charge on any atom is 0.237 e. The van der Waals surface area contributed by atoms with E-state index in [9.17, 15) is 8.42 Å². The van der Waals surface area contributed by atoms with Gasteiger partial charge >= 0.3 is 0 Å². The van der Waals surface area contributed by atoms with Gasteiger partial charge in [0.05, 0.1) is 17.1 Å². The Kier molecular flexibility index (Phi) is 4.10. The number of rotatable bonds is 5. The van der Waals surface area contributed by atoms with Crippen molar-refractivity contribution < 1.29 is 8.42 Å². The summed E-state index contributed by atoms with van der Waals surface area (Å²) in [5.74, 6) is -0.0772. The van der Waals surface area contributed by atoms with Crippen molar-refractivity contribution in [2.45, 2.75) is 19.2 Å². The molecule has 2 aromatic rings. The standard InChI is InChI=1S/C13H18N4O2S/c1-10-13(8-17(2)15-10)16-20(18,19)9-12-5-3-11(7-14)4-6-12/h3-6,8,16H,7,9,14H2,1-2H3. The fourth-order valence-corrected chi connectivity index (χ4v) is 3.13. The first-order valence-corrected chi connectivity index (χ1v) is 7.83. The second-order valence-corrected chi connectivity index (χ2v) is 6.41. The molecule has 0 saturated carbocycles. The lowest BCUT2D eigenvalue weighted by atomic mass is 10.1. The minimum Gasteiger partial charge on any atom is -0.326 e. The highest BCUT2D eigenvalue weighted by atomic mass is 32.2. The van der Waals surface area contributed by atoms with Crippen LogP contribution in [0.1, 0.15) is 16.8 Å². The SMILES string of the molecule is Cc1nn(C)cc1NS(=O)(=O)Cc1ccc(CN)cc1. The number of aryl methyl sites for hydroxylation is 2. The average Bonchev–Trinajstić information content (AvgIpc) is 2.67. The van der Waals surface area contributed by atoms with Crippen molar-refractivity contribution in [2.24, 2.45) is 12.8 Å². The van der Waals surface area contributed by atoms with Gasteiger partial charge < -0.3 is 5.73 Å². The van der Waals surface area contributed by atoms with Gasteiger partial charge in [0.25, 0.3) is 0 Å². The van der Waals surface area contributed by atoms with Crippen LogP contribution in [0, 0.1) is 6.92 Å². The highest BCUT2D eigenvalue weighted by Crippen LogP contribution is 2.16. The summed E-state index contributed by atoms with van der Waals surface area (Å²) in [6.45, 7) is 2.20. The Morgan fingerprint density at radius 3 is 2.35 bits per heavy atom. The molecule has 1 aromatic heterocycles. The molecule has 0 aliphatic carbocycles. The number of nitrogens with one attached hydrogen (secondary N) is 1. The number of sulfonamides is 1. The van der Waals surface area contributed by atoms with E-state index in [1.165, 1.54) is 0 Å². The van der Waals surface area contributed by atoms with E-state index in [4.69, 9.17) is 5.73 Å². The van der Waals surface area contributed by atoms with Crippen LogP contribution in [-0.4, -0.2) is 18.2 Å². The predicted molar refractivity (Wildman–Crippen MR) is 78.5 cm³/mol. The third kappa shape index (κ3) is 3.58. The Morgan fingerprint density at radius 1 is 1.25 bits per heavy atom. The summed E-state index contributed by atoms with van der Waals surface area (Å²) in [6.07, 6.45) is 1.64. The van der Waals surface area contributed by atoms with Gasteiger partial charge in [0.2, 0.25) is 10.0 Å². The van der Waals surface area contributed by atoms with Gasteiger partial charge in [-0.1, -0.05) is 24.3 Å². The number of nitrogens with zero attached hydrogens (tertiary/aromatic N) is 2. The molecule has 0 spiro atoms. The highest BCUT2D eigenvalue weighted by Gasteiger charge is 2.14. The molecule has 0 fully saturated rings. The molecule has 6 nitrogen and oxygen atoms in total. The van der Waals surface area contributed by atoms with E-state index >= 15 is 0 Å². The van der Waals surface area contributed by atoms with Crippen molar-refractivity contribution >= 4 is 15.7 Å². The quantitative estimate of drug-likeness (QED) is 0.865. The molecule has 0 atom stereocenters. The molecule has 0 radical (unpaired) electrons. The summed E-state index contributed by atoms with van der Waals surface area (Å²) in [6, 6.07) is 7.22. The first kappa shape index (κ1) is 14.5. The van der Waals surface area contributed by atoms with Crippen LogP contribution in [0.4, 0.5) is 5.69 Å².